The number of carbonyl (C=O) groups is 2. The van der Waals surface area contributed by atoms with Crippen LogP contribution < -0.4 is 4.74 Å². The van der Waals surface area contributed by atoms with Crippen molar-refractivity contribution in [3.8, 4) is 11.8 Å². The van der Waals surface area contributed by atoms with Crippen LogP contribution in [0.3, 0.4) is 0 Å². The third-order valence-electron chi connectivity index (χ3n) is 5.62. The third-order valence-corrected chi connectivity index (χ3v) is 5.85. The second kappa shape index (κ2) is 9.98. The average Bonchev–Trinajstić information content (AvgIpc) is 2.79. The van der Waals surface area contributed by atoms with Gasteiger partial charge in [-0.25, -0.2) is 9.18 Å². The minimum absolute atomic E-state index is 0.0424. The van der Waals surface area contributed by atoms with Crippen LogP contribution in [0.5, 0.6) is 5.75 Å². The Kier molecular flexibility index (Phi) is 7.33. The van der Waals surface area contributed by atoms with E-state index < -0.39 is 17.5 Å². The van der Waals surface area contributed by atoms with Gasteiger partial charge in [-0.15, -0.1) is 0 Å². The molecule has 32 heavy (non-hydrogen) atoms. The van der Waals surface area contributed by atoms with Gasteiger partial charge >= 0.3 is 5.97 Å². The Morgan fingerprint density at radius 1 is 1.22 bits per heavy atom. The molecule has 2 aromatic rings. The van der Waals surface area contributed by atoms with Crippen molar-refractivity contribution in [1.29, 1.82) is 5.26 Å². The van der Waals surface area contributed by atoms with E-state index in [-0.39, 0.29) is 34.7 Å². The molecule has 168 valence electrons. The summed E-state index contributed by atoms with van der Waals surface area (Å²) in [7, 11) is 0. The minimum atomic E-state index is -1.84. The Morgan fingerprint density at radius 3 is 2.47 bits per heavy atom. The SMILES string of the molecule is N#CC1(Cc2ccc(F)cc2)CCN(C(=O)COc2ccc(Cl)cc2C(O)C(=O)O)CC1. The van der Waals surface area contributed by atoms with E-state index in [1.165, 1.54) is 30.3 Å². The summed E-state index contributed by atoms with van der Waals surface area (Å²) >= 11 is 5.88. The van der Waals surface area contributed by atoms with Gasteiger partial charge in [0.1, 0.15) is 11.6 Å². The summed E-state index contributed by atoms with van der Waals surface area (Å²) in [5.41, 5.74) is 0.187. The lowest BCUT2D eigenvalue weighted by Gasteiger charge is -2.37. The van der Waals surface area contributed by atoms with E-state index in [0.717, 1.165) is 5.56 Å². The molecular weight excluding hydrogens is 439 g/mol. The molecule has 3 rings (SSSR count). The van der Waals surface area contributed by atoms with E-state index in [1.807, 2.05) is 0 Å². The lowest BCUT2D eigenvalue weighted by molar-refractivity contribution is -0.147. The highest BCUT2D eigenvalue weighted by Crippen LogP contribution is 2.35. The molecule has 1 aliphatic rings. The fraction of sp³-hybridized carbons (Fsp3) is 0.348. The maximum absolute atomic E-state index is 13.1. The number of carbonyl (C=O) groups excluding carboxylic acids is 1. The first-order valence-electron chi connectivity index (χ1n) is 10.00. The molecule has 1 fully saturated rings. The van der Waals surface area contributed by atoms with Crippen LogP contribution >= 0.6 is 11.6 Å². The number of hydrogen-bond acceptors (Lipinski definition) is 5. The maximum Gasteiger partial charge on any atom is 0.337 e. The van der Waals surface area contributed by atoms with Crippen molar-refractivity contribution in [3.05, 3.63) is 64.4 Å². The Balaban J connectivity index is 1.60. The van der Waals surface area contributed by atoms with Gasteiger partial charge in [0.25, 0.3) is 5.91 Å². The number of halogens is 2. The Labute approximate surface area is 189 Å². The molecule has 0 spiro atoms. The predicted molar refractivity (Wildman–Crippen MR) is 114 cm³/mol. The molecule has 2 aromatic carbocycles. The van der Waals surface area contributed by atoms with E-state index in [9.17, 15) is 24.3 Å². The number of piperidine rings is 1. The maximum atomic E-state index is 13.1. The number of ether oxygens (including phenoxy) is 1. The summed E-state index contributed by atoms with van der Waals surface area (Å²) < 4.78 is 18.6. The minimum Gasteiger partial charge on any atom is -0.483 e. The monoisotopic (exact) mass is 460 g/mol. The number of amides is 1. The molecule has 0 radical (unpaired) electrons. The van der Waals surface area contributed by atoms with Gasteiger partial charge in [0, 0.05) is 23.7 Å². The van der Waals surface area contributed by atoms with Crippen LogP contribution in [-0.2, 0) is 16.0 Å². The van der Waals surface area contributed by atoms with E-state index in [4.69, 9.17) is 21.4 Å². The van der Waals surface area contributed by atoms with Crippen LogP contribution in [0, 0.1) is 22.6 Å². The number of hydrogen-bond donors (Lipinski definition) is 2. The van der Waals surface area contributed by atoms with Gasteiger partial charge in [0.15, 0.2) is 12.7 Å². The average molecular weight is 461 g/mol. The first-order valence-corrected chi connectivity index (χ1v) is 10.4. The molecule has 9 heteroatoms. The van der Waals surface area contributed by atoms with Gasteiger partial charge in [-0.1, -0.05) is 23.7 Å². The first-order chi connectivity index (χ1) is 15.2. The second-order valence-corrected chi connectivity index (χ2v) is 8.22. The van der Waals surface area contributed by atoms with Crippen molar-refractivity contribution < 1.29 is 28.9 Å². The Hall–Kier alpha value is -3.15. The second-order valence-electron chi connectivity index (χ2n) is 7.79. The number of rotatable bonds is 7. The Bertz CT molecular complexity index is 1030. The van der Waals surface area contributed by atoms with Crippen molar-refractivity contribution >= 4 is 23.5 Å². The quantitative estimate of drug-likeness (QED) is 0.655. The molecule has 1 unspecified atom stereocenters. The zero-order valence-corrected chi connectivity index (χ0v) is 17.9. The highest BCUT2D eigenvalue weighted by atomic mass is 35.5. The molecule has 0 aromatic heterocycles. The number of benzene rings is 2. The number of aliphatic hydroxyl groups is 1. The molecule has 0 aliphatic carbocycles. The number of nitrogens with zero attached hydrogens (tertiary/aromatic N) is 2. The van der Waals surface area contributed by atoms with Crippen molar-refractivity contribution in [1.82, 2.24) is 4.90 Å². The van der Waals surface area contributed by atoms with Crippen molar-refractivity contribution in [3.63, 3.8) is 0 Å². The summed E-state index contributed by atoms with van der Waals surface area (Å²) in [6.07, 6.45) is -0.423. The summed E-state index contributed by atoms with van der Waals surface area (Å²) in [5, 5.41) is 28.9. The van der Waals surface area contributed by atoms with Gasteiger partial charge in [-0.2, -0.15) is 5.26 Å². The molecular formula is C23H22ClFN2O5. The number of aliphatic hydroxyl groups excluding tert-OH is 1. The van der Waals surface area contributed by atoms with E-state index >= 15 is 0 Å². The number of likely N-dealkylation sites (tertiary alicyclic amines) is 1. The largest absolute Gasteiger partial charge is 0.483 e. The molecule has 1 heterocycles. The first kappa shape index (κ1) is 23.5. The van der Waals surface area contributed by atoms with Crippen molar-refractivity contribution in [2.45, 2.75) is 25.4 Å². The van der Waals surface area contributed by atoms with E-state index in [0.29, 0.717) is 32.4 Å². The summed E-state index contributed by atoms with van der Waals surface area (Å²) in [6.45, 7) is 0.378. The van der Waals surface area contributed by atoms with Gasteiger partial charge < -0.3 is 19.8 Å². The molecule has 1 amide bonds. The van der Waals surface area contributed by atoms with Crippen LogP contribution in [0.4, 0.5) is 4.39 Å². The fourth-order valence-corrected chi connectivity index (χ4v) is 3.91. The number of nitriles is 1. The van der Waals surface area contributed by atoms with Crippen LogP contribution in [0.15, 0.2) is 42.5 Å². The fourth-order valence-electron chi connectivity index (χ4n) is 3.73. The van der Waals surface area contributed by atoms with Crippen molar-refractivity contribution in [2.75, 3.05) is 19.7 Å². The van der Waals surface area contributed by atoms with Crippen LogP contribution in [0.2, 0.25) is 5.02 Å². The zero-order chi connectivity index (χ0) is 23.3. The van der Waals surface area contributed by atoms with E-state index in [1.54, 1.807) is 17.0 Å². The molecule has 2 N–H and O–H groups in total. The normalized spacial score (nSPS) is 16.1. The van der Waals surface area contributed by atoms with E-state index in [2.05, 4.69) is 6.07 Å². The summed E-state index contributed by atoms with van der Waals surface area (Å²) in [4.78, 5) is 25.3. The zero-order valence-electron chi connectivity index (χ0n) is 17.1. The van der Waals surface area contributed by atoms with Crippen LogP contribution in [-0.4, -0.2) is 46.7 Å². The van der Waals surface area contributed by atoms with Crippen LogP contribution in [0.1, 0.15) is 30.1 Å². The molecule has 1 atom stereocenters. The van der Waals surface area contributed by atoms with Gasteiger partial charge in [0.05, 0.1) is 11.5 Å². The smallest absolute Gasteiger partial charge is 0.337 e. The summed E-state index contributed by atoms with van der Waals surface area (Å²) in [5.74, 6) is -2.06. The van der Waals surface area contributed by atoms with Gasteiger partial charge in [-0.3, -0.25) is 4.79 Å². The number of carboxylic acids is 1. The third kappa shape index (κ3) is 5.55. The molecule has 0 bridgehead atoms. The number of carboxylic acid groups (broad SMARTS) is 1. The van der Waals surface area contributed by atoms with Gasteiger partial charge in [-0.05, 0) is 55.2 Å². The Morgan fingerprint density at radius 2 is 1.88 bits per heavy atom. The lowest BCUT2D eigenvalue weighted by Crippen LogP contribution is -2.45. The molecule has 7 nitrogen and oxygen atoms in total. The van der Waals surface area contributed by atoms with Gasteiger partial charge in [0.2, 0.25) is 0 Å². The molecule has 0 saturated carbocycles. The molecule has 1 aliphatic heterocycles. The predicted octanol–water partition coefficient (Wildman–Crippen LogP) is 3.35. The van der Waals surface area contributed by atoms with Crippen LogP contribution in [0.25, 0.3) is 0 Å². The lowest BCUT2D eigenvalue weighted by atomic mass is 9.75. The molecule has 1 saturated heterocycles. The summed E-state index contributed by atoms with van der Waals surface area (Å²) in [6, 6.07) is 12.6. The number of aliphatic carboxylic acids is 1. The highest BCUT2D eigenvalue weighted by molar-refractivity contribution is 6.30. The standard InChI is InChI=1S/C23H22ClFN2O5/c24-16-3-6-19(18(11-16)21(29)22(30)31)32-13-20(28)27-9-7-23(14-26,8-10-27)12-15-1-4-17(25)5-2-15/h1-6,11,21,29H,7-10,12-13H2,(H,30,31). The highest BCUT2D eigenvalue weighted by Gasteiger charge is 2.36. The topological polar surface area (TPSA) is 111 Å². The van der Waals surface area contributed by atoms with Crippen molar-refractivity contribution in [2.24, 2.45) is 5.41 Å².